The molecule has 0 spiro atoms. The molecular weight excluding hydrogens is 334 g/mol. The molecule has 1 aliphatic heterocycles. The quantitative estimate of drug-likeness (QED) is 0.272. The van der Waals surface area contributed by atoms with Crippen LogP contribution in [0.1, 0.15) is 12.8 Å². The number of carbonyl (C=O) groups is 2. The van der Waals surface area contributed by atoms with E-state index in [0.717, 1.165) is 6.08 Å². The molecule has 1 amide bonds. The molecule has 6 N–H and O–H groups in total. The van der Waals surface area contributed by atoms with Gasteiger partial charge in [0.1, 0.15) is 18.3 Å². The largest absolute Gasteiger partial charge is 0.478 e. The summed E-state index contributed by atoms with van der Waals surface area (Å²) in [5.74, 6) is -2.33. The van der Waals surface area contributed by atoms with Crippen LogP contribution in [0.15, 0.2) is 11.8 Å². The van der Waals surface area contributed by atoms with Crippen LogP contribution in [0.2, 0.25) is 0 Å². The number of carboxylic acid groups (broad SMARTS) is 1. The van der Waals surface area contributed by atoms with Crippen molar-refractivity contribution in [2.45, 2.75) is 43.3 Å². The maximum absolute atomic E-state index is 11.8. The smallest absolute Gasteiger partial charge is 0.370 e. The molecule has 1 rings (SSSR count). The number of carbonyl (C=O) groups excluding carboxylic acids is 1. The molecule has 0 aromatic rings. The van der Waals surface area contributed by atoms with E-state index in [1.54, 1.807) is 0 Å². The van der Waals surface area contributed by atoms with Gasteiger partial charge < -0.3 is 35.6 Å². The summed E-state index contributed by atoms with van der Waals surface area (Å²) in [6.07, 6.45) is -4.95. The van der Waals surface area contributed by atoms with E-state index >= 15 is 0 Å². The van der Waals surface area contributed by atoms with Crippen LogP contribution in [-0.2, 0) is 14.3 Å². The van der Waals surface area contributed by atoms with E-state index in [1.165, 1.54) is 0 Å². The van der Waals surface area contributed by atoms with E-state index in [2.05, 4.69) is 5.32 Å². The van der Waals surface area contributed by atoms with Crippen LogP contribution < -0.4 is 5.32 Å². The van der Waals surface area contributed by atoms with Gasteiger partial charge in [-0.15, -0.1) is 11.6 Å². The van der Waals surface area contributed by atoms with Gasteiger partial charge in [0, 0.05) is 12.3 Å². The highest BCUT2D eigenvalue weighted by Crippen LogP contribution is 2.23. The number of hydrogen-bond acceptors (Lipinski definition) is 7. The summed E-state index contributed by atoms with van der Waals surface area (Å²) in [6, 6.07) is -1.20. The Morgan fingerprint density at radius 3 is 2.57 bits per heavy atom. The first-order valence-electron chi connectivity index (χ1n) is 6.94. The van der Waals surface area contributed by atoms with Crippen molar-refractivity contribution in [1.82, 2.24) is 5.32 Å². The number of alkyl halides is 1. The van der Waals surface area contributed by atoms with Gasteiger partial charge in [0.2, 0.25) is 11.7 Å². The van der Waals surface area contributed by atoms with E-state index in [-0.39, 0.29) is 12.3 Å². The van der Waals surface area contributed by atoms with Crippen molar-refractivity contribution >= 4 is 23.5 Å². The number of ether oxygens (including phenoxy) is 1. The van der Waals surface area contributed by atoms with E-state index < -0.39 is 54.7 Å². The van der Waals surface area contributed by atoms with Gasteiger partial charge in [0.05, 0.1) is 12.6 Å². The second kappa shape index (κ2) is 9.04. The predicted molar refractivity (Wildman–Crippen MR) is 77.6 cm³/mol. The number of aliphatic hydroxyl groups is 4. The molecule has 1 aliphatic rings. The monoisotopic (exact) mass is 353 g/mol. The molecule has 10 heteroatoms. The third kappa shape index (κ3) is 5.33. The molecule has 0 radical (unpaired) electrons. The highest BCUT2D eigenvalue weighted by atomic mass is 35.5. The van der Waals surface area contributed by atoms with Crippen molar-refractivity contribution in [3.63, 3.8) is 0 Å². The van der Waals surface area contributed by atoms with Crippen LogP contribution in [-0.4, -0.2) is 80.4 Å². The topological polar surface area (TPSA) is 157 Å². The summed E-state index contributed by atoms with van der Waals surface area (Å²) in [5, 5.41) is 49.8. The van der Waals surface area contributed by atoms with Crippen molar-refractivity contribution in [3.05, 3.63) is 11.8 Å². The van der Waals surface area contributed by atoms with Gasteiger partial charge in [0.25, 0.3) is 0 Å². The SMILES string of the molecule is O=C(CCCCl)N[C@H]1[C@H]([C@H](O)[C@H](O)CO)OC(C(=O)O)=C[C@@H]1O. The number of carboxylic acids is 1. The summed E-state index contributed by atoms with van der Waals surface area (Å²) in [7, 11) is 0. The lowest BCUT2D eigenvalue weighted by Gasteiger charge is -2.38. The average molecular weight is 354 g/mol. The molecule has 5 atom stereocenters. The summed E-state index contributed by atoms with van der Waals surface area (Å²) in [4.78, 5) is 22.7. The molecule has 132 valence electrons. The molecule has 0 saturated heterocycles. The second-order valence-electron chi connectivity index (χ2n) is 5.04. The van der Waals surface area contributed by atoms with Crippen LogP contribution in [0.4, 0.5) is 0 Å². The van der Waals surface area contributed by atoms with Crippen molar-refractivity contribution in [2.24, 2.45) is 0 Å². The minimum Gasteiger partial charge on any atom is -0.478 e. The van der Waals surface area contributed by atoms with Gasteiger partial charge in [0.15, 0.2) is 6.10 Å². The third-order valence-corrected chi connectivity index (χ3v) is 3.57. The Bertz CT molecular complexity index is 457. The Kier molecular flexibility index (Phi) is 7.73. The maximum Gasteiger partial charge on any atom is 0.370 e. The number of amides is 1. The number of nitrogens with one attached hydrogen (secondary N) is 1. The zero-order valence-corrected chi connectivity index (χ0v) is 12.9. The molecule has 0 bridgehead atoms. The number of halogens is 1. The van der Waals surface area contributed by atoms with Gasteiger partial charge in [-0.1, -0.05) is 0 Å². The van der Waals surface area contributed by atoms with E-state index in [4.69, 9.17) is 26.6 Å². The Hall–Kier alpha value is -1.39. The molecule has 0 aromatic carbocycles. The zero-order chi connectivity index (χ0) is 17.6. The lowest BCUT2D eigenvalue weighted by molar-refractivity contribution is -0.149. The summed E-state index contributed by atoms with van der Waals surface area (Å²) < 4.78 is 5.06. The lowest BCUT2D eigenvalue weighted by Crippen LogP contribution is -2.60. The number of rotatable bonds is 8. The molecule has 0 saturated carbocycles. The Morgan fingerprint density at radius 2 is 2.04 bits per heavy atom. The van der Waals surface area contributed by atoms with Crippen LogP contribution in [0.25, 0.3) is 0 Å². The fraction of sp³-hybridized carbons (Fsp3) is 0.692. The maximum atomic E-state index is 11.8. The van der Waals surface area contributed by atoms with Crippen molar-refractivity contribution < 1.29 is 39.9 Å². The fourth-order valence-corrected chi connectivity index (χ4v) is 2.23. The van der Waals surface area contributed by atoms with E-state index in [0.29, 0.717) is 6.42 Å². The predicted octanol–water partition coefficient (Wildman–Crippen LogP) is -2.07. The van der Waals surface area contributed by atoms with E-state index in [9.17, 15) is 24.9 Å². The van der Waals surface area contributed by atoms with Crippen LogP contribution >= 0.6 is 11.6 Å². The highest BCUT2D eigenvalue weighted by molar-refractivity contribution is 6.17. The molecule has 0 unspecified atom stereocenters. The normalized spacial score (nSPS) is 26.7. The van der Waals surface area contributed by atoms with Crippen LogP contribution in [0, 0.1) is 0 Å². The van der Waals surface area contributed by atoms with Gasteiger partial charge >= 0.3 is 5.97 Å². The van der Waals surface area contributed by atoms with Crippen molar-refractivity contribution in [1.29, 1.82) is 0 Å². The van der Waals surface area contributed by atoms with Crippen LogP contribution in [0.5, 0.6) is 0 Å². The summed E-state index contributed by atoms with van der Waals surface area (Å²) in [6.45, 7) is -0.809. The van der Waals surface area contributed by atoms with Gasteiger partial charge in [-0.2, -0.15) is 0 Å². The standard InChI is InChI=1S/C13H20ClNO8/c14-3-1-2-9(19)15-10-6(17)4-8(13(21)22)23-12(10)11(20)7(18)5-16/h4,6-7,10-12,16-18,20H,1-3,5H2,(H,15,19)(H,21,22)/t6-,7+,10+,11+,12+/m0/s1. The molecule has 23 heavy (non-hydrogen) atoms. The minimum atomic E-state index is -1.73. The van der Waals surface area contributed by atoms with Crippen LogP contribution in [0.3, 0.4) is 0 Å². The number of aliphatic carboxylic acids is 1. The van der Waals surface area contributed by atoms with E-state index in [1.807, 2.05) is 0 Å². The summed E-state index contributed by atoms with van der Waals surface area (Å²) >= 11 is 5.48. The minimum absolute atomic E-state index is 0.0631. The van der Waals surface area contributed by atoms with Crippen molar-refractivity contribution in [2.75, 3.05) is 12.5 Å². The van der Waals surface area contributed by atoms with Gasteiger partial charge in [-0.3, -0.25) is 4.79 Å². The second-order valence-corrected chi connectivity index (χ2v) is 5.41. The van der Waals surface area contributed by atoms with Gasteiger partial charge in [-0.05, 0) is 12.5 Å². The molecule has 0 aromatic heterocycles. The van der Waals surface area contributed by atoms with Crippen molar-refractivity contribution in [3.8, 4) is 0 Å². The Morgan fingerprint density at radius 1 is 1.39 bits per heavy atom. The number of hydrogen-bond donors (Lipinski definition) is 6. The average Bonchev–Trinajstić information content (AvgIpc) is 2.52. The fourth-order valence-electron chi connectivity index (χ4n) is 2.10. The number of aliphatic hydroxyl groups excluding tert-OH is 4. The Balaban J connectivity index is 2.96. The zero-order valence-electron chi connectivity index (χ0n) is 12.1. The third-order valence-electron chi connectivity index (χ3n) is 3.30. The molecule has 1 heterocycles. The molecule has 0 aliphatic carbocycles. The Labute approximate surface area is 137 Å². The highest BCUT2D eigenvalue weighted by Gasteiger charge is 2.43. The summed E-state index contributed by atoms with van der Waals surface area (Å²) in [5.41, 5.74) is 0. The molecule has 9 nitrogen and oxygen atoms in total. The lowest BCUT2D eigenvalue weighted by atomic mass is 9.93. The first-order chi connectivity index (χ1) is 10.8. The van der Waals surface area contributed by atoms with Gasteiger partial charge in [-0.25, -0.2) is 4.79 Å². The first kappa shape index (κ1) is 19.7. The molecular formula is C13H20ClNO8. The first-order valence-corrected chi connectivity index (χ1v) is 7.47. The molecule has 0 fully saturated rings.